The minimum absolute atomic E-state index is 0. The predicted molar refractivity (Wildman–Crippen MR) is 328 cm³/mol. The van der Waals surface area contributed by atoms with Crippen LogP contribution in [0.2, 0.25) is 0 Å². The number of aliphatic hydroxyl groups excluding tert-OH is 2. The third kappa shape index (κ3) is 19.6. The Morgan fingerprint density at radius 1 is 0.375 bits per heavy atom. The van der Waals surface area contributed by atoms with Crippen LogP contribution in [0.4, 0.5) is 13.2 Å². The van der Waals surface area contributed by atoms with Gasteiger partial charge in [0.15, 0.2) is 5.58 Å². The quantitative estimate of drug-likeness (QED) is 0.0831. The van der Waals surface area contributed by atoms with Crippen molar-refractivity contribution in [2.75, 3.05) is 14.2 Å². The molecule has 0 bridgehead atoms. The van der Waals surface area contributed by atoms with Gasteiger partial charge in [0.05, 0.1) is 16.8 Å². The Bertz CT molecular complexity index is 3910. The number of benzene rings is 5. The molecule has 20 heteroatoms. The molecule has 0 aliphatic heterocycles. The molecule has 0 aliphatic rings. The Kier molecular flexibility index (Phi) is 28.4. The van der Waals surface area contributed by atoms with Crippen molar-refractivity contribution in [3.8, 4) is 56.3 Å². The standard InChI is InChI=1S/C16H10N2O.C16H9N2O.3C11H8N.CHF3O3S.2CH4O.2Ir/c2*1-2-9-17-13(7-1)11-5-3-6-12-15-14(19-16(11)12)8-4-10-18-15;3*1-2-6-10(7-3-1)11-8-4-5-9-12-11;2-1(3,4)8(5,6)7;2*1-2;;/h1-10H;1-4,6-10H;3*1-6,8-9H;(H,5,6,7);2*2H,1H3;;/q;4*-1;;;;;. The molecule has 14 nitrogen and oxygen atoms in total. The van der Waals surface area contributed by atoms with E-state index in [1.54, 1.807) is 43.4 Å². The number of halogens is 3. The molecule has 5 aromatic carbocycles. The van der Waals surface area contributed by atoms with Gasteiger partial charge in [-0.1, -0.05) is 66.2 Å². The summed E-state index contributed by atoms with van der Waals surface area (Å²) in [6.07, 6.45) is 12.5. The SMILES string of the molecule is CO.CO.O=S(=O)(O)C(F)(F)F.[Ir].[Ir].[c-]1ccc2c(oc3cccnc32)c1-c1ccccn1.[c-]1ccccc1-c1ccccn1.[c-]1ccccc1-c1ccccn1.[c-]1ccccc1-c1ccccn1.c1ccc(-c2cccc3c2oc2cccnc23)nc1. The molecule has 3 N–H and O–H groups in total. The van der Waals surface area contributed by atoms with Crippen molar-refractivity contribution < 1.29 is 85.4 Å². The molecular weight excluding hydrogens is 1500 g/mol. The second kappa shape index (κ2) is 36.0. The van der Waals surface area contributed by atoms with Gasteiger partial charge in [0.1, 0.15) is 16.7 Å². The van der Waals surface area contributed by atoms with Gasteiger partial charge in [0.25, 0.3) is 0 Å². The molecule has 2 radical (unpaired) electrons. The molecule has 0 spiro atoms. The third-order valence-electron chi connectivity index (χ3n) is 11.5. The first kappa shape index (κ1) is 69.4. The Balaban J connectivity index is 0.000000193. The van der Waals surface area contributed by atoms with Crippen LogP contribution in [0.1, 0.15) is 0 Å². The van der Waals surface area contributed by atoms with Crippen molar-refractivity contribution in [2.24, 2.45) is 0 Å². The number of alkyl halides is 3. The van der Waals surface area contributed by atoms with Crippen LogP contribution in [0, 0.1) is 24.3 Å². The summed E-state index contributed by atoms with van der Waals surface area (Å²) in [5.41, 5.74) is 9.13. The average molecular weight is 1550 g/mol. The zero-order valence-corrected chi connectivity index (χ0v) is 52.2. The molecule has 0 aliphatic carbocycles. The number of rotatable bonds is 5. The number of hydrogen-bond donors (Lipinski definition) is 3. The molecule has 9 heterocycles. The summed E-state index contributed by atoms with van der Waals surface area (Å²) < 4.78 is 69.4. The molecule has 450 valence electrons. The minimum atomic E-state index is -5.84. The number of pyridine rings is 7. The van der Waals surface area contributed by atoms with Crippen LogP contribution in [0.25, 0.3) is 100 Å². The van der Waals surface area contributed by atoms with E-state index in [-0.39, 0.29) is 40.2 Å². The third-order valence-corrected chi connectivity index (χ3v) is 12.1. The average Bonchev–Trinajstić information content (AvgIpc) is 3.33. The van der Waals surface area contributed by atoms with Gasteiger partial charge in [-0.25, -0.2) is 0 Å². The summed E-state index contributed by atoms with van der Waals surface area (Å²) in [6, 6.07) is 82.8. The van der Waals surface area contributed by atoms with E-state index in [1.165, 1.54) is 0 Å². The van der Waals surface area contributed by atoms with Crippen LogP contribution in [-0.4, -0.2) is 77.8 Å². The van der Waals surface area contributed by atoms with Crippen LogP contribution < -0.4 is 0 Å². The van der Waals surface area contributed by atoms with E-state index < -0.39 is 15.6 Å². The molecule has 0 atom stereocenters. The van der Waals surface area contributed by atoms with E-state index in [4.69, 9.17) is 32.0 Å². The van der Waals surface area contributed by atoms with Crippen LogP contribution in [-0.2, 0) is 50.3 Å². The Morgan fingerprint density at radius 3 is 1.09 bits per heavy atom. The first-order chi connectivity index (χ1) is 42.0. The van der Waals surface area contributed by atoms with Crippen molar-refractivity contribution in [3.63, 3.8) is 0 Å². The summed E-state index contributed by atoms with van der Waals surface area (Å²) in [4.78, 5) is 30.2. The van der Waals surface area contributed by atoms with E-state index in [2.05, 4.69) is 59.2 Å². The van der Waals surface area contributed by atoms with Gasteiger partial charge >= 0.3 is 15.6 Å². The van der Waals surface area contributed by atoms with Crippen LogP contribution >= 0.6 is 0 Å². The van der Waals surface area contributed by atoms with E-state index >= 15 is 0 Å². The molecule has 0 amide bonds. The minimum Gasteiger partial charge on any atom is -0.499 e. The first-order valence-electron chi connectivity index (χ1n) is 25.9. The number of hydrogen-bond acceptors (Lipinski definition) is 13. The van der Waals surface area contributed by atoms with Crippen molar-refractivity contribution in [3.05, 3.63) is 286 Å². The fourth-order valence-electron chi connectivity index (χ4n) is 7.83. The molecule has 0 saturated heterocycles. The number of aromatic nitrogens is 7. The normalized spacial score (nSPS) is 10.2. The van der Waals surface area contributed by atoms with Crippen molar-refractivity contribution in [2.45, 2.75) is 5.51 Å². The maximum absolute atomic E-state index is 10.7. The van der Waals surface area contributed by atoms with Gasteiger partial charge in [-0.15, -0.1) is 126 Å². The number of fused-ring (bicyclic) bond motifs is 6. The van der Waals surface area contributed by atoms with Gasteiger partial charge in [-0.3, -0.25) is 19.5 Å². The number of aliphatic hydroxyl groups is 2. The molecule has 14 rings (SSSR count). The van der Waals surface area contributed by atoms with Gasteiger partial charge in [0.2, 0.25) is 0 Å². The van der Waals surface area contributed by atoms with E-state index in [1.807, 2.05) is 218 Å². The fourth-order valence-corrected chi connectivity index (χ4v) is 7.83. The molecule has 0 unspecified atom stereocenters. The molecule has 9 aromatic heterocycles. The molecule has 0 fully saturated rings. The second-order valence-electron chi connectivity index (χ2n) is 17.0. The smallest absolute Gasteiger partial charge is 0.499 e. The number of furan rings is 2. The number of para-hydroxylation sites is 1. The van der Waals surface area contributed by atoms with Crippen LogP contribution in [0.3, 0.4) is 0 Å². The molecule has 14 aromatic rings. The van der Waals surface area contributed by atoms with E-state index in [0.29, 0.717) is 0 Å². The second-order valence-corrected chi connectivity index (χ2v) is 18.4. The topological polar surface area (TPSA) is 211 Å². The van der Waals surface area contributed by atoms with Crippen molar-refractivity contribution in [1.82, 2.24) is 34.9 Å². The summed E-state index contributed by atoms with van der Waals surface area (Å²) in [5, 5.41) is 16.0. The summed E-state index contributed by atoms with van der Waals surface area (Å²) in [7, 11) is -3.84. The van der Waals surface area contributed by atoms with Crippen molar-refractivity contribution in [1.29, 1.82) is 0 Å². The fraction of sp³-hybridized carbons (Fsp3) is 0.0441. The predicted octanol–water partition coefficient (Wildman–Crippen LogP) is 15.1. The monoisotopic (exact) mass is 1550 g/mol. The maximum atomic E-state index is 10.7. The van der Waals surface area contributed by atoms with Gasteiger partial charge in [-0.2, -0.15) is 21.6 Å². The molecule has 0 saturated carbocycles. The Morgan fingerprint density at radius 2 is 0.727 bits per heavy atom. The number of nitrogens with zero attached hydrogens (tertiary/aromatic N) is 7. The maximum Gasteiger partial charge on any atom is 0.522 e. The van der Waals surface area contributed by atoms with Gasteiger partial charge in [0, 0.05) is 109 Å². The van der Waals surface area contributed by atoms with Crippen molar-refractivity contribution >= 4 is 54.3 Å². The van der Waals surface area contributed by atoms with Crippen LogP contribution in [0.5, 0.6) is 0 Å². The van der Waals surface area contributed by atoms with E-state index in [9.17, 15) is 13.2 Å². The zero-order chi connectivity index (χ0) is 61.0. The zero-order valence-electron chi connectivity index (χ0n) is 46.6. The molecule has 88 heavy (non-hydrogen) atoms. The van der Waals surface area contributed by atoms with E-state index in [0.717, 1.165) is 115 Å². The van der Waals surface area contributed by atoms with Crippen LogP contribution in [0.15, 0.2) is 271 Å². The summed E-state index contributed by atoms with van der Waals surface area (Å²) >= 11 is 0. The summed E-state index contributed by atoms with van der Waals surface area (Å²) in [6.45, 7) is 0. The largest absolute Gasteiger partial charge is 0.522 e. The first-order valence-corrected chi connectivity index (χ1v) is 27.3. The summed E-state index contributed by atoms with van der Waals surface area (Å²) in [5.74, 6) is 0. The Hall–Kier alpha value is -9.33. The van der Waals surface area contributed by atoms with Gasteiger partial charge < -0.3 is 39.0 Å². The molecular formula is C68H52F3Ir2N7O7S-4. The van der Waals surface area contributed by atoms with Gasteiger partial charge in [-0.05, 0) is 101 Å². The Labute approximate surface area is 533 Å².